The molecule has 8 heteroatoms. The maximum atomic E-state index is 12.6. The van der Waals surface area contributed by atoms with Crippen molar-refractivity contribution in [2.75, 3.05) is 25.6 Å². The Morgan fingerprint density at radius 1 is 1.35 bits per heavy atom. The zero-order valence-electron chi connectivity index (χ0n) is 18.9. The first-order valence-corrected chi connectivity index (χ1v) is 12.3. The maximum absolute atomic E-state index is 12.6. The summed E-state index contributed by atoms with van der Waals surface area (Å²) in [6.45, 7) is 7.29. The number of fused-ring (bicyclic) bond motifs is 2. The van der Waals surface area contributed by atoms with Gasteiger partial charge in [-0.15, -0.1) is 11.3 Å². The minimum Gasteiger partial charge on any atom is -0.392 e. The third-order valence-electron chi connectivity index (χ3n) is 7.76. The van der Waals surface area contributed by atoms with E-state index in [2.05, 4.69) is 24.5 Å². The van der Waals surface area contributed by atoms with Crippen LogP contribution in [0.1, 0.15) is 62.9 Å². The number of aromatic nitrogens is 1. The van der Waals surface area contributed by atoms with Gasteiger partial charge >= 0.3 is 0 Å². The number of amides is 2. The van der Waals surface area contributed by atoms with Gasteiger partial charge in [-0.2, -0.15) is 0 Å². The van der Waals surface area contributed by atoms with Gasteiger partial charge in [-0.3, -0.25) is 9.59 Å². The highest BCUT2D eigenvalue weighted by Crippen LogP contribution is 2.57. The minimum absolute atomic E-state index is 0.0208. The van der Waals surface area contributed by atoms with Crippen molar-refractivity contribution in [3.05, 3.63) is 10.6 Å². The number of anilines is 1. The number of ether oxygens (including phenoxy) is 1. The van der Waals surface area contributed by atoms with Crippen LogP contribution in [0.15, 0.2) is 0 Å². The molecule has 0 aromatic carbocycles. The number of hydrogen-bond donors (Lipinski definition) is 3. The molecule has 1 aromatic rings. The van der Waals surface area contributed by atoms with Crippen LogP contribution in [0.4, 0.5) is 5.13 Å². The molecule has 2 saturated carbocycles. The standard InChI is InChI=1S/C23H35N3O4S/c1-12(20(28)24-9-10-30-4)15-7-8-23(3)11-16-18(13(2)17(23)19(15)27)25-22(31-16)26-21(29)14-5-6-14/h12-15,17,19,27H,5-11H2,1-4H3,(H,24,28)(H,25,26,29)/t12-,13+,15+,17+,19-,23+/m0/s1. The third kappa shape index (κ3) is 4.39. The van der Waals surface area contributed by atoms with Crippen molar-refractivity contribution < 1.29 is 19.4 Å². The molecule has 0 bridgehead atoms. The van der Waals surface area contributed by atoms with E-state index in [1.54, 1.807) is 18.4 Å². The van der Waals surface area contributed by atoms with Gasteiger partial charge in [0.05, 0.1) is 18.4 Å². The highest BCUT2D eigenvalue weighted by molar-refractivity contribution is 7.15. The first kappa shape index (κ1) is 22.7. The molecule has 7 nitrogen and oxygen atoms in total. The molecule has 0 radical (unpaired) electrons. The van der Waals surface area contributed by atoms with Gasteiger partial charge in [-0.05, 0) is 49.4 Å². The molecule has 4 rings (SSSR count). The first-order valence-electron chi connectivity index (χ1n) is 11.5. The lowest BCUT2D eigenvalue weighted by Crippen LogP contribution is -2.53. The lowest BCUT2D eigenvalue weighted by molar-refractivity contribution is -0.135. The van der Waals surface area contributed by atoms with Gasteiger partial charge < -0.3 is 20.5 Å². The number of nitrogens with zero attached hydrogens (tertiary/aromatic N) is 1. The van der Waals surface area contributed by atoms with Crippen molar-refractivity contribution in [1.82, 2.24) is 10.3 Å². The molecular weight excluding hydrogens is 414 g/mol. The fourth-order valence-corrected chi connectivity index (χ4v) is 7.05. The smallest absolute Gasteiger partial charge is 0.229 e. The summed E-state index contributed by atoms with van der Waals surface area (Å²) in [7, 11) is 1.61. The zero-order chi connectivity index (χ0) is 22.3. The Labute approximate surface area is 188 Å². The van der Waals surface area contributed by atoms with Crippen LogP contribution in [0.25, 0.3) is 0 Å². The van der Waals surface area contributed by atoms with Crippen molar-refractivity contribution in [1.29, 1.82) is 0 Å². The van der Waals surface area contributed by atoms with E-state index in [0.29, 0.717) is 18.3 Å². The van der Waals surface area contributed by atoms with Gasteiger partial charge in [-0.25, -0.2) is 4.98 Å². The van der Waals surface area contributed by atoms with Crippen LogP contribution in [-0.2, 0) is 20.7 Å². The molecule has 0 unspecified atom stereocenters. The van der Waals surface area contributed by atoms with E-state index < -0.39 is 6.10 Å². The van der Waals surface area contributed by atoms with E-state index in [1.165, 1.54) is 4.88 Å². The second kappa shape index (κ2) is 8.79. The van der Waals surface area contributed by atoms with E-state index in [1.807, 2.05) is 6.92 Å². The first-order chi connectivity index (χ1) is 14.7. The third-order valence-corrected chi connectivity index (χ3v) is 8.75. The number of thiazole rings is 1. The van der Waals surface area contributed by atoms with E-state index in [9.17, 15) is 14.7 Å². The Balaban J connectivity index is 1.50. The Bertz CT molecular complexity index is 839. The summed E-state index contributed by atoms with van der Waals surface area (Å²) >= 11 is 1.59. The average molecular weight is 450 g/mol. The van der Waals surface area contributed by atoms with Gasteiger partial charge in [0.25, 0.3) is 0 Å². The molecule has 3 N–H and O–H groups in total. The number of hydrogen-bond acceptors (Lipinski definition) is 6. The Morgan fingerprint density at radius 2 is 2.10 bits per heavy atom. The molecule has 31 heavy (non-hydrogen) atoms. The molecule has 0 spiro atoms. The molecule has 0 aliphatic heterocycles. The molecule has 3 aliphatic rings. The second-order valence-corrected chi connectivity index (χ2v) is 11.1. The van der Waals surface area contributed by atoms with Crippen LogP contribution in [0.3, 0.4) is 0 Å². The van der Waals surface area contributed by atoms with Crippen LogP contribution in [0.2, 0.25) is 0 Å². The fraction of sp³-hybridized carbons (Fsp3) is 0.783. The molecule has 172 valence electrons. The van der Waals surface area contributed by atoms with Crippen molar-refractivity contribution in [3.63, 3.8) is 0 Å². The molecule has 0 saturated heterocycles. The number of rotatable bonds is 7. The predicted octanol–water partition coefficient (Wildman–Crippen LogP) is 2.94. The van der Waals surface area contributed by atoms with E-state index in [-0.39, 0.29) is 46.8 Å². The lowest BCUT2D eigenvalue weighted by Gasteiger charge is -2.53. The number of methoxy groups -OCH3 is 1. The normalized spacial score (nSPS) is 33.2. The van der Waals surface area contributed by atoms with Crippen LogP contribution >= 0.6 is 11.3 Å². The molecule has 2 amide bonds. The summed E-state index contributed by atoms with van der Waals surface area (Å²) < 4.78 is 5.02. The van der Waals surface area contributed by atoms with Gasteiger partial charge in [0.2, 0.25) is 11.8 Å². The van der Waals surface area contributed by atoms with Gasteiger partial charge in [0, 0.05) is 36.3 Å². The summed E-state index contributed by atoms with van der Waals surface area (Å²) in [6, 6.07) is 0. The molecule has 2 fully saturated rings. The SMILES string of the molecule is COCCNC(=O)[C@@H](C)[C@H]1CC[C@]2(C)Cc3sc(NC(=O)C4CC4)nc3[C@H](C)[C@@H]2[C@H]1O. The summed E-state index contributed by atoms with van der Waals surface area (Å²) in [5.74, 6) is 0.00670. The van der Waals surface area contributed by atoms with E-state index in [0.717, 1.165) is 37.8 Å². The molecular formula is C23H35N3O4S. The minimum atomic E-state index is -0.559. The maximum Gasteiger partial charge on any atom is 0.229 e. The van der Waals surface area contributed by atoms with Gasteiger partial charge in [-0.1, -0.05) is 20.8 Å². The monoisotopic (exact) mass is 449 g/mol. The summed E-state index contributed by atoms with van der Waals surface area (Å²) in [5.41, 5.74) is 0.981. The van der Waals surface area contributed by atoms with Gasteiger partial charge in [0.1, 0.15) is 0 Å². The number of aliphatic hydroxyl groups is 1. The van der Waals surface area contributed by atoms with Crippen molar-refractivity contribution in [3.8, 4) is 0 Å². The van der Waals surface area contributed by atoms with E-state index >= 15 is 0 Å². The molecule has 3 aliphatic carbocycles. The summed E-state index contributed by atoms with van der Waals surface area (Å²) in [4.78, 5) is 30.8. The molecule has 6 atom stereocenters. The average Bonchev–Trinajstić information content (AvgIpc) is 3.49. The van der Waals surface area contributed by atoms with Gasteiger partial charge in [0.15, 0.2) is 5.13 Å². The van der Waals surface area contributed by atoms with Crippen LogP contribution in [-0.4, -0.2) is 48.3 Å². The van der Waals surface area contributed by atoms with Crippen molar-refractivity contribution in [2.24, 2.45) is 29.1 Å². The lowest BCUT2D eigenvalue weighted by atomic mass is 9.53. The van der Waals surface area contributed by atoms with Crippen LogP contribution < -0.4 is 10.6 Å². The van der Waals surface area contributed by atoms with E-state index in [4.69, 9.17) is 9.72 Å². The highest BCUT2D eigenvalue weighted by Gasteiger charge is 2.54. The van der Waals surface area contributed by atoms with Crippen molar-refractivity contribution in [2.45, 2.75) is 64.9 Å². The zero-order valence-corrected chi connectivity index (χ0v) is 19.8. The predicted molar refractivity (Wildman–Crippen MR) is 120 cm³/mol. The summed E-state index contributed by atoms with van der Waals surface area (Å²) in [6.07, 6.45) is 4.05. The quantitative estimate of drug-likeness (QED) is 0.556. The highest BCUT2D eigenvalue weighted by atomic mass is 32.1. The van der Waals surface area contributed by atoms with Crippen molar-refractivity contribution >= 4 is 28.3 Å². The van der Waals surface area contributed by atoms with Crippen LogP contribution in [0, 0.1) is 29.1 Å². The number of aliphatic hydroxyl groups excluding tert-OH is 1. The molecule has 1 heterocycles. The Hall–Kier alpha value is -1.51. The largest absolute Gasteiger partial charge is 0.392 e. The summed E-state index contributed by atoms with van der Waals surface area (Å²) in [5, 5.41) is 18.1. The topological polar surface area (TPSA) is 101 Å². The Kier molecular flexibility index (Phi) is 6.43. The number of carbonyl (C=O) groups excluding carboxylic acids is 2. The number of carbonyl (C=O) groups is 2. The second-order valence-electron chi connectivity index (χ2n) is 10.0. The van der Waals surface area contributed by atoms with Crippen LogP contribution in [0.5, 0.6) is 0 Å². The molecule has 1 aromatic heterocycles. The fourth-order valence-electron chi connectivity index (χ4n) is 5.78. The number of nitrogens with one attached hydrogen (secondary N) is 2. The Morgan fingerprint density at radius 3 is 2.77 bits per heavy atom.